The van der Waals surface area contributed by atoms with Gasteiger partial charge < -0.3 is 9.73 Å². The second-order valence-corrected chi connectivity index (χ2v) is 5.76. The van der Waals surface area contributed by atoms with Gasteiger partial charge in [-0.1, -0.05) is 30.3 Å². The molecule has 4 heteroatoms. The van der Waals surface area contributed by atoms with Crippen LogP contribution in [0.2, 0.25) is 0 Å². The van der Waals surface area contributed by atoms with E-state index in [9.17, 15) is 4.79 Å². The third-order valence-electron chi connectivity index (χ3n) is 4.11. The maximum atomic E-state index is 12.7. The quantitative estimate of drug-likeness (QED) is 0.606. The lowest BCUT2D eigenvalue weighted by atomic mass is 10.1. The van der Waals surface area contributed by atoms with Crippen molar-refractivity contribution >= 4 is 27.8 Å². The molecule has 0 aliphatic heterocycles. The summed E-state index contributed by atoms with van der Waals surface area (Å²) in [5, 5.41) is 4.88. The van der Waals surface area contributed by atoms with E-state index in [1.165, 1.54) is 0 Å². The Balaban J connectivity index is 1.63. The van der Waals surface area contributed by atoms with Crippen molar-refractivity contribution in [1.82, 2.24) is 10.3 Å². The van der Waals surface area contributed by atoms with E-state index in [-0.39, 0.29) is 11.9 Å². The molecule has 0 saturated heterocycles. The van der Waals surface area contributed by atoms with Crippen LogP contribution in [0.1, 0.15) is 29.1 Å². The van der Waals surface area contributed by atoms with Gasteiger partial charge in [-0.3, -0.25) is 9.78 Å². The fourth-order valence-corrected chi connectivity index (χ4v) is 2.86. The number of aromatic nitrogens is 1. The maximum absolute atomic E-state index is 12.7. The molecular weight excluding hydrogens is 300 g/mol. The maximum Gasteiger partial charge on any atom is 0.252 e. The molecule has 2 aromatic carbocycles. The molecule has 0 saturated carbocycles. The first kappa shape index (κ1) is 14.5. The van der Waals surface area contributed by atoms with Gasteiger partial charge in [-0.25, -0.2) is 0 Å². The van der Waals surface area contributed by atoms with Crippen LogP contribution in [0, 0.1) is 0 Å². The first-order chi connectivity index (χ1) is 11.7. The molecule has 0 spiro atoms. The molecule has 0 fully saturated rings. The number of fused-ring (bicyclic) bond motifs is 2. The SMILES string of the molecule is CC(NC(=O)c1cccc2ncccc12)c1cc2ccccc2o1. The molecule has 4 nitrogen and oxygen atoms in total. The van der Waals surface area contributed by atoms with Gasteiger partial charge >= 0.3 is 0 Å². The number of rotatable bonds is 3. The molecule has 24 heavy (non-hydrogen) atoms. The van der Waals surface area contributed by atoms with Crippen LogP contribution in [0.5, 0.6) is 0 Å². The smallest absolute Gasteiger partial charge is 0.252 e. The van der Waals surface area contributed by atoms with Crippen LogP contribution in [0.15, 0.2) is 71.3 Å². The van der Waals surface area contributed by atoms with Gasteiger partial charge in [0.1, 0.15) is 11.3 Å². The lowest BCUT2D eigenvalue weighted by Crippen LogP contribution is -2.26. The molecule has 1 amide bonds. The Morgan fingerprint density at radius 3 is 2.83 bits per heavy atom. The molecule has 4 rings (SSSR count). The van der Waals surface area contributed by atoms with E-state index in [0.29, 0.717) is 5.56 Å². The van der Waals surface area contributed by atoms with Crippen LogP contribution in [0.4, 0.5) is 0 Å². The standard InChI is InChI=1S/C20H16N2O2/c1-13(19-12-14-6-2-3-10-18(14)24-19)22-20(23)16-7-4-9-17-15(16)8-5-11-21-17/h2-13H,1H3,(H,22,23). The fraction of sp³-hybridized carbons (Fsp3) is 0.100. The number of hydrogen-bond acceptors (Lipinski definition) is 3. The number of nitrogens with zero attached hydrogens (tertiary/aromatic N) is 1. The summed E-state index contributed by atoms with van der Waals surface area (Å²) < 4.78 is 5.83. The number of hydrogen-bond donors (Lipinski definition) is 1. The van der Waals surface area contributed by atoms with Crippen LogP contribution in [-0.2, 0) is 0 Å². The second-order valence-electron chi connectivity index (χ2n) is 5.76. The molecule has 0 aliphatic carbocycles. The van der Waals surface area contributed by atoms with Gasteiger partial charge in [0.15, 0.2) is 0 Å². The largest absolute Gasteiger partial charge is 0.459 e. The van der Waals surface area contributed by atoms with Crippen LogP contribution < -0.4 is 5.32 Å². The molecule has 0 radical (unpaired) electrons. The number of benzene rings is 2. The van der Waals surface area contributed by atoms with Gasteiger partial charge in [-0.05, 0) is 37.3 Å². The van der Waals surface area contributed by atoms with Gasteiger partial charge in [0.05, 0.1) is 11.6 Å². The Morgan fingerprint density at radius 2 is 1.96 bits per heavy atom. The average molecular weight is 316 g/mol. The first-order valence-corrected chi connectivity index (χ1v) is 7.85. The first-order valence-electron chi connectivity index (χ1n) is 7.85. The molecular formula is C20H16N2O2. The highest BCUT2D eigenvalue weighted by atomic mass is 16.3. The van der Waals surface area contributed by atoms with Crippen molar-refractivity contribution in [3.05, 3.63) is 78.2 Å². The number of pyridine rings is 1. The summed E-state index contributed by atoms with van der Waals surface area (Å²) in [6, 6.07) is 18.8. The van der Waals surface area contributed by atoms with E-state index in [0.717, 1.165) is 27.6 Å². The summed E-state index contributed by atoms with van der Waals surface area (Å²) in [6.45, 7) is 1.92. The van der Waals surface area contributed by atoms with Gasteiger partial charge in [0.2, 0.25) is 0 Å². The van der Waals surface area contributed by atoms with Crippen molar-refractivity contribution in [2.75, 3.05) is 0 Å². The Morgan fingerprint density at radius 1 is 1.08 bits per heavy atom. The lowest BCUT2D eigenvalue weighted by Gasteiger charge is -2.12. The molecule has 4 aromatic rings. The van der Waals surface area contributed by atoms with E-state index in [1.54, 1.807) is 6.20 Å². The monoisotopic (exact) mass is 316 g/mol. The summed E-state index contributed by atoms with van der Waals surface area (Å²) in [4.78, 5) is 17.0. The van der Waals surface area contributed by atoms with Gasteiger partial charge in [-0.2, -0.15) is 0 Å². The number of amides is 1. The fourth-order valence-electron chi connectivity index (χ4n) is 2.86. The van der Waals surface area contributed by atoms with Crippen molar-refractivity contribution in [2.24, 2.45) is 0 Å². The highest BCUT2D eigenvalue weighted by Gasteiger charge is 2.17. The summed E-state index contributed by atoms with van der Waals surface area (Å²) in [5.41, 5.74) is 2.24. The highest BCUT2D eigenvalue weighted by Crippen LogP contribution is 2.24. The van der Waals surface area contributed by atoms with E-state index >= 15 is 0 Å². The highest BCUT2D eigenvalue weighted by molar-refractivity contribution is 6.06. The Bertz CT molecular complexity index is 998. The van der Waals surface area contributed by atoms with Crippen molar-refractivity contribution in [2.45, 2.75) is 13.0 Å². The summed E-state index contributed by atoms with van der Waals surface area (Å²) in [5.74, 6) is 0.601. The topological polar surface area (TPSA) is 55.1 Å². The zero-order chi connectivity index (χ0) is 16.5. The third-order valence-corrected chi connectivity index (χ3v) is 4.11. The number of carbonyl (C=O) groups excluding carboxylic acids is 1. The van der Waals surface area contributed by atoms with Gasteiger partial charge in [-0.15, -0.1) is 0 Å². The zero-order valence-electron chi connectivity index (χ0n) is 13.2. The summed E-state index contributed by atoms with van der Waals surface area (Å²) in [7, 11) is 0. The Labute approximate surface area is 139 Å². The molecule has 118 valence electrons. The molecule has 1 N–H and O–H groups in total. The van der Waals surface area contributed by atoms with Crippen molar-refractivity contribution < 1.29 is 9.21 Å². The molecule has 1 unspecified atom stereocenters. The Kier molecular flexibility index (Phi) is 3.50. The number of carbonyl (C=O) groups is 1. The van der Waals surface area contributed by atoms with Crippen LogP contribution in [0.25, 0.3) is 21.9 Å². The number of para-hydroxylation sites is 1. The van der Waals surface area contributed by atoms with Gasteiger partial charge in [0.25, 0.3) is 5.91 Å². The molecule has 0 bridgehead atoms. The van der Waals surface area contributed by atoms with E-state index < -0.39 is 0 Å². The predicted molar refractivity (Wildman–Crippen MR) is 93.8 cm³/mol. The minimum atomic E-state index is -0.225. The predicted octanol–water partition coefficient (Wildman–Crippen LogP) is 4.47. The molecule has 1 atom stereocenters. The minimum absolute atomic E-state index is 0.137. The van der Waals surface area contributed by atoms with E-state index in [2.05, 4.69) is 10.3 Å². The average Bonchev–Trinajstić information content (AvgIpc) is 3.05. The summed E-state index contributed by atoms with van der Waals surface area (Å²) in [6.07, 6.45) is 1.72. The third kappa shape index (κ3) is 2.52. The van der Waals surface area contributed by atoms with Gasteiger partial charge in [0, 0.05) is 22.5 Å². The van der Waals surface area contributed by atoms with E-state index in [1.807, 2.05) is 67.6 Å². The molecule has 2 aromatic heterocycles. The number of nitrogens with one attached hydrogen (secondary N) is 1. The number of furan rings is 1. The molecule has 2 heterocycles. The minimum Gasteiger partial charge on any atom is -0.459 e. The van der Waals surface area contributed by atoms with Crippen LogP contribution >= 0.6 is 0 Å². The summed E-state index contributed by atoms with van der Waals surface area (Å²) >= 11 is 0. The lowest BCUT2D eigenvalue weighted by molar-refractivity contribution is 0.0937. The van der Waals surface area contributed by atoms with Crippen LogP contribution in [0.3, 0.4) is 0 Å². The van der Waals surface area contributed by atoms with Crippen molar-refractivity contribution in [1.29, 1.82) is 0 Å². The van der Waals surface area contributed by atoms with Crippen LogP contribution in [-0.4, -0.2) is 10.9 Å². The normalized spacial score (nSPS) is 12.4. The van der Waals surface area contributed by atoms with Crippen molar-refractivity contribution in [3.63, 3.8) is 0 Å². The Hall–Kier alpha value is -3.14. The van der Waals surface area contributed by atoms with E-state index in [4.69, 9.17) is 4.42 Å². The molecule has 0 aliphatic rings. The zero-order valence-corrected chi connectivity index (χ0v) is 13.2. The second kappa shape index (κ2) is 5.81. The van der Waals surface area contributed by atoms with Crippen molar-refractivity contribution in [3.8, 4) is 0 Å².